The van der Waals surface area contributed by atoms with E-state index in [1.54, 1.807) is 11.8 Å². The molecular formula is C19H17Cl2F3N2O2. The second-order valence-electron chi connectivity index (χ2n) is 6.70. The number of benzene rings is 1. The molecule has 1 aliphatic heterocycles. The molecule has 1 unspecified atom stereocenters. The molecule has 1 aliphatic rings. The van der Waals surface area contributed by atoms with Crippen LogP contribution in [0.5, 0.6) is 0 Å². The Bertz CT molecular complexity index is 900. The molecule has 28 heavy (non-hydrogen) atoms. The van der Waals surface area contributed by atoms with Crippen molar-refractivity contribution in [1.29, 1.82) is 0 Å². The molecule has 0 radical (unpaired) electrons. The zero-order chi connectivity index (χ0) is 20.7. The van der Waals surface area contributed by atoms with Crippen molar-refractivity contribution >= 4 is 35.0 Å². The van der Waals surface area contributed by atoms with Crippen LogP contribution in [-0.2, 0) is 10.2 Å². The summed E-state index contributed by atoms with van der Waals surface area (Å²) in [5, 5.41) is 0.307. The summed E-state index contributed by atoms with van der Waals surface area (Å²) in [6, 6.07) is 7.05. The molecule has 0 amide bonds. The van der Waals surface area contributed by atoms with Gasteiger partial charge in [-0.25, -0.2) is 9.78 Å². The van der Waals surface area contributed by atoms with Crippen molar-refractivity contribution in [1.82, 2.24) is 4.98 Å². The molecule has 0 spiro atoms. The first-order valence-corrected chi connectivity index (χ1v) is 9.17. The molecule has 0 bridgehead atoms. The third-order valence-electron chi connectivity index (χ3n) is 5.03. The summed E-state index contributed by atoms with van der Waals surface area (Å²) < 4.78 is 47.1. The number of anilines is 1. The fourth-order valence-corrected chi connectivity index (χ4v) is 4.04. The van der Waals surface area contributed by atoms with E-state index in [1.165, 1.54) is 37.4 Å². The van der Waals surface area contributed by atoms with E-state index in [4.69, 9.17) is 23.2 Å². The number of halogens is 5. The number of methoxy groups -OCH3 is 1. The van der Waals surface area contributed by atoms with Gasteiger partial charge in [0.25, 0.3) is 0 Å². The SMILES string of the molecule is COC(=O)c1ccc(N2CCC(c3cc(Cl)cc(Cl)c3)(C(F)(F)F)C2)nc1C. The number of carbonyl (C=O) groups excluding carboxylic acids is 1. The highest BCUT2D eigenvalue weighted by molar-refractivity contribution is 6.34. The van der Waals surface area contributed by atoms with Gasteiger partial charge in [-0.15, -0.1) is 0 Å². The largest absolute Gasteiger partial charge is 0.465 e. The van der Waals surface area contributed by atoms with Crippen LogP contribution in [0.25, 0.3) is 0 Å². The molecule has 150 valence electrons. The summed E-state index contributed by atoms with van der Waals surface area (Å²) in [6.45, 7) is 1.43. The van der Waals surface area contributed by atoms with E-state index < -0.39 is 17.6 Å². The van der Waals surface area contributed by atoms with Gasteiger partial charge >= 0.3 is 12.1 Å². The molecule has 1 saturated heterocycles. The zero-order valence-corrected chi connectivity index (χ0v) is 16.6. The smallest absolute Gasteiger partial charge is 0.400 e. The topological polar surface area (TPSA) is 42.4 Å². The second-order valence-corrected chi connectivity index (χ2v) is 7.58. The molecule has 2 heterocycles. The Morgan fingerprint density at radius 1 is 1.21 bits per heavy atom. The van der Waals surface area contributed by atoms with Gasteiger partial charge in [0.1, 0.15) is 11.2 Å². The van der Waals surface area contributed by atoms with Gasteiger partial charge in [-0.3, -0.25) is 0 Å². The quantitative estimate of drug-likeness (QED) is 0.625. The number of carbonyl (C=O) groups is 1. The number of hydrogen-bond acceptors (Lipinski definition) is 4. The standard InChI is InChI=1S/C19H17Cl2F3N2O2/c1-11-15(17(27)28-2)3-4-16(25-11)26-6-5-18(10-26,19(22,23)24)12-7-13(20)9-14(21)8-12/h3-4,7-9H,5-6,10H2,1-2H3. The Morgan fingerprint density at radius 3 is 2.39 bits per heavy atom. The van der Waals surface area contributed by atoms with Gasteiger partial charge in [-0.1, -0.05) is 23.2 Å². The van der Waals surface area contributed by atoms with Crippen LogP contribution in [0.15, 0.2) is 30.3 Å². The number of aryl methyl sites for hydroxylation is 1. The minimum atomic E-state index is -4.50. The number of rotatable bonds is 3. The zero-order valence-electron chi connectivity index (χ0n) is 15.1. The number of ether oxygens (including phenoxy) is 1. The molecule has 1 atom stereocenters. The van der Waals surface area contributed by atoms with Crippen molar-refractivity contribution in [3.05, 3.63) is 57.2 Å². The fourth-order valence-electron chi connectivity index (χ4n) is 3.52. The molecule has 1 fully saturated rings. The van der Waals surface area contributed by atoms with E-state index in [2.05, 4.69) is 9.72 Å². The monoisotopic (exact) mass is 432 g/mol. The van der Waals surface area contributed by atoms with Crippen molar-refractivity contribution in [3.8, 4) is 0 Å². The van der Waals surface area contributed by atoms with Crippen LogP contribution in [0.2, 0.25) is 10.0 Å². The molecule has 0 aliphatic carbocycles. The van der Waals surface area contributed by atoms with Gasteiger partial charge in [-0.05, 0) is 49.2 Å². The predicted octanol–water partition coefficient (Wildman–Crippen LogP) is 5.19. The maximum atomic E-state index is 14.2. The third-order valence-corrected chi connectivity index (χ3v) is 5.46. The first-order valence-electron chi connectivity index (χ1n) is 8.41. The van der Waals surface area contributed by atoms with Gasteiger partial charge in [0.15, 0.2) is 0 Å². The average molecular weight is 433 g/mol. The van der Waals surface area contributed by atoms with Crippen molar-refractivity contribution in [2.75, 3.05) is 25.1 Å². The minimum absolute atomic E-state index is 0.0305. The van der Waals surface area contributed by atoms with Crippen molar-refractivity contribution in [2.24, 2.45) is 0 Å². The van der Waals surface area contributed by atoms with Crippen LogP contribution >= 0.6 is 23.2 Å². The summed E-state index contributed by atoms with van der Waals surface area (Å²) in [4.78, 5) is 17.6. The van der Waals surface area contributed by atoms with Crippen molar-refractivity contribution in [3.63, 3.8) is 0 Å². The highest BCUT2D eigenvalue weighted by Crippen LogP contribution is 2.49. The minimum Gasteiger partial charge on any atom is -0.465 e. The molecule has 0 N–H and O–H groups in total. The van der Waals surface area contributed by atoms with E-state index in [-0.39, 0.29) is 40.7 Å². The van der Waals surface area contributed by atoms with Crippen LogP contribution in [0.4, 0.5) is 19.0 Å². The van der Waals surface area contributed by atoms with Gasteiger partial charge < -0.3 is 9.64 Å². The summed E-state index contributed by atoms with van der Waals surface area (Å²) in [5.74, 6) is -0.180. The molecule has 0 saturated carbocycles. The number of pyridine rings is 1. The fraction of sp³-hybridized carbons (Fsp3) is 0.368. The number of hydrogen-bond donors (Lipinski definition) is 0. The second kappa shape index (κ2) is 7.44. The van der Waals surface area contributed by atoms with Crippen LogP contribution in [0, 0.1) is 6.92 Å². The van der Waals surface area contributed by atoms with Crippen molar-refractivity contribution in [2.45, 2.75) is 24.9 Å². The highest BCUT2D eigenvalue weighted by atomic mass is 35.5. The molecular weight excluding hydrogens is 416 g/mol. The van der Waals surface area contributed by atoms with E-state index in [0.717, 1.165) is 0 Å². The lowest BCUT2D eigenvalue weighted by Crippen LogP contribution is -2.45. The van der Waals surface area contributed by atoms with E-state index >= 15 is 0 Å². The third kappa shape index (κ3) is 3.65. The normalized spacial score (nSPS) is 19.8. The molecule has 1 aromatic heterocycles. The number of aromatic nitrogens is 1. The van der Waals surface area contributed by atoms with Gasteiger partial charge in [0, 0.05) is 23.1 Å². The van der Waals surface area contributed by atoms with Crippen LogP contribution in [0.1, 0.15) is 28.0 Å². The lowest BCUT2D eigenvalue weighted by Gasteiger charge is -2.32. The van der Waals surface area contributed by atoms with Gasteiger partial charge in [0.05, 0.1) is 18.4 Å². The van der Waals surface area contributed by atoms with Gasteiger partial charge in [-0.2, -0.15) is 13.2 Å². The highest BCUT2D eigenvalue weighted by Gasteiger charge is 2.59. The number of nitrogens with zero attached hydrogens (tertiary/aromatic N) is 2. The van der Waals surface area contributed by atoms with Crippen LogP contribution in [0.3, 0.4) is 0 Å². The Kier molecular flexibility index (Phi) is 5.51. The summed E-state index contributed by atoms with van der Waals surface area (Å²) in [5.41, 5.74) is -1.42. The molecule has 2 aromatic rings. The Morgan fingerprint density at radius 2 is 1.86 bits per heavy atom. The van der Waals surface area contributed by atoms with Crippen LogP contribution < -0.4 is 4.90 Å². The average Bonchev–Trinajstić information content (AvgIpc) is 3.07. The molecule has 1 aromatic carbocycles. The molecule has 4 nitrogen and oxygen atoms in total. The van der Waals surface area contributed by atoms with Crippen molar-refractivity contribution < 1.29 is 22.7 Å². The number of alkyl halides is 3. The maximum Gasteiger partial charge on any atom is 0.400 e. The molecule has 3 rings (SSSR count). The Hall–Kier alpha value is -1.99. The van der Waals surface area contributed by atoms with E-state index in [0.29, 0.717) is 11.5 Å². The Balaban J connectivity index is 1.98. The summed E-state index contributed by atoms with van der Waals surface area (Å²) in [7, 11) is 1.25. The lowest BCUT2D eigenvalue weighted by molar-refractivity contribution is -0.184. The first-order chi connectivity index (χ1) is 13.1. The Labute approximate surface area is 170 Å². The first kappa shape index (κ1) is 20.7. The van der Waals surface area contributed by atoms with Gasteiger partial charge in [0.2, 0.25) is 0 Å². The molecule has 9 heteroatoms. The van der Waals surface area contributed by atoms with E-state index in [9.17, 15) is 18.0 Å². The summed E-state index contributed by atoms with van der Waals surface area (Å²) >= 11 is 11.9. The van der Waals surface area contributed by atoms with E-state index in [1.807, 2.05) is 0 Å². The predicted molar refractivity (Wildman–Crippen MR) is 101 cm³/mol. The van der Waals surface area contributed by atoms with Crippen LogP contribution in [-0.4, -0.2) is 37.3 Å². The summed E-state index contributed by atoms with van der Waals surface area (Å²) in [6.07, 6.45) is -4.66. The maximum absolute atomic E-state index is 14.2. The lowest BCUT2D eigenvalue weighted by atomic mass is 9.79. The number of esters is 1.